The lowest BCUT2D eigenvalue weighted by Gasteiger charge is -2.16. The van der Waals surface area contributed by atoms with Gasteiger partial charge in [0.25, 0.3) is 0 Å². The van der Waals surface area contributed by atoms with Gasteiger partial charge in [0, 0.05) is 18.8 Å². The molecule has 3 N–H and O–H groups in total. The maximum atomic E-state index is 12.2. The fraction of sp³-hybridized carbons (Fsp3) is 0.500. The van der Waals surface area contributed by atoms with Gasteiger partial charge in [-0.3, -0.25) is 10.3 Å². The molecular weight excluding hydrogens is 264 g/mol. The second kappa shape index (κ2) is 9.00. The number of carbonyl (C=O) groups excluding carboxylic acids is 1. The van der Waals surface area contributed by atoms with E-state index in [-0.39, 0.29) is 6.03 Å². The first-order valence-electron chi connectivity index (χ1n) is 7.63. The van der Waals surface area contributed by atoms with Gasteiger partial charge in [0.05, 0.1) is 0 Å². The monoisotopic (exact) mass is 290 g/mol. The van der Waals surface area contributed by atoms with Crippen LogP contribution in [0.3, 0.4) is 0 Å². The summed E-state index contributed by atoms with van der Waals surface area (Å²) in [7, 11) is 0. The summed E-state index contributed by atoms with van der Waals surface area (Å²) in [5, 5.41) is 8.75. The van der Waals surface area contributed by atoms with Gasteiger partial charge >= 0.3 is 6.03 Å². The maximum absolute atomic E-state index is 12.2. The third-order valence-corrected chi connectivity index (χ3v) is 3.13. The lowest BCUT2D eigenvalue weighted by atomic mass is 10.0. The summed E-state index contributed by atoms with van der Waals surface area (Å²) in [6.07, 6.45) is 1.76. The van der Waals surface area contributed by atoms with Gasteiger partial charge in [-0.25, -0.2) is 4.79 Å². The second-order valence-corrected chi connectivity index (χ2v) is 4.59. The number of urea groups is 1. The molecule has 0 heterocycles. The topological polar surface area (TPSA) is 65.5 Å². The van der Waals surface area contributed by atoms with Crippen molar-refractivity contribution in [3.05, 3.63) is 29.3 Å². The van der Waals surface area contributed by atoms with Gasteiger partial charge in [-0.15, -0.1) is 0 Å². The molecule has 5 nitrogen and oxygen atoms in total. The number of nitrogens with one attached hydrogen (secondary N) is 3. The molecule has 0 aliphatic rings. The van der Waals surface area contributed by atoms with Crippen molar-refractivity contribution in [2.24, 2.45) is 4.99 Å². The molecule has 1 rings (SSSR count). The van der Waals surface area contributed by atoms with Crippen LogP contribution < -0.4 is 16.0 Å². The van der Waals surface area contributed by atoms with E-state index in [0.29, 0.717) is 19.0 Å². The first kappa shape index (κ1) is 17.0. The molecule has 1 aromatic rings. The Hall–Kier alpha value is -2.04. The number of aryl methyl sites for hydroxylation is 2. The quantitative estimate of drug-likeness (QED) is 0.576. The van der Waals surface area contributed by atoms with E-state index in [1.165, 1.54) is 0 Å². The minimum Gasteiger partial charge on any atom is -0.356 e. The molecule has 1 aromatic carbocycles. The predicted octanol–water partition coefficient (Wildman–Crippen LogP) is 2.92. The van der Waals surface area contributed by atoms with Crippen LogP contribution in [0.15, 0.2) is 23.2 Å². The van der Waals surface area contributed by atoms with Crippen LogP contribution in [0.4, 0.5) is 10.5 Å². The molecule has 116 valence electrons. The summed E-state index contributed by atoms with van der Waals surface area (Å²) in [6.45, 7) is 9.39. The molecule has 2 amide bonds. The Morgan fingerprint density at radius 1 is 1.10 bits per heavy atom. The Morgan fingerprint density at radius 2 is 1.71 bits per heavy atom. The zero-order valence-electron chi connectivity index (χ0n) is 13.4. The number of carbonyl (C=O) groups is 1. The highest BCUT2D eigenvalue weighted by Crippen LogP contribution is 2.22. The zero-order chi connectivity index (χ0) is 15.7. The number of guanidine groups is 1. The first-order chi connectivity index (χ1) is 10.2. The SMILES string of the molecule is CCN=C(NCC)NC(=O)Nc1c(CC)cccc1CC. The van der Waals surface area contributed by atoms with E-state index < -0.39 is 0 Å². The number of para-hydroxylation sites is 1. The molecule has 21 heavy (non-hydrogen) atoms. The molecule has 0 bridgehead atoms. The van der Waals surface area contributed by atoms with Crippen molar-refractivity contribution >= 4 is 17.7 Å². The average molecular weight is 290 g/mol. The lowest BCUT2D eigenvalue weighted by molar-refractivity contribution is 0.256. The van der Waals surface area contributed by atoms with Crippen molar-refractivity contribution in [3.63, 3.8) is 0 Å². The Labute approximate surface area is 127 Å². The van der Waals surface area contributed by atoms with Crippen LogP contribution in [0.5, 0.6) is 0 Å². The first-order valence-corrected chi connectivity index (χ1v) is 7.63. The summed E-state index contributed by atoms with van der Waals surface area (Å²) in [5.41, 5.74) is 3.19. The number of anilines is 1. The fourth-order valence-corrected chi connectivity index (χ4v) is 2.12. The van der Waals surface area contributed by atoms with Gasteiger partial charge in [0.15, 0.2) is 5.96 Å². The molecule has 0 unspecified atom stereocenters. The van der Waals surface area contributed by atoms with Crippen LogP contribution in [-0.4, -0.2) is 25.1 Å². The minimum absolute atomic E-state index is 0.265. The van der Waals surface area contributed by atoms with Crippen LogP contribution in [0.1, 0.15) is 38.8 Å². The third kappa shape index (κ3) is 5.10. The largest absolute Gasteiger partial charge is 0.356 e. The van der Waals surface area contributed by atoms with E-state index in [9.17, 15) is 4.79 Å². The smallest absolute Gasteiger partial charge is 0.326 e. The minimum atomic E-state index is -0.265. The Kier molecular flexibility index (Phi) is 7.29. The standard InChI is InChI=1S/C16H26N4O/c1-5-12-10-9-11-13(6-2)14(12)19-16(21)20-15(17-7-3)18-8-4/h9-11H,5-8H2,1-4H3,(H3,17,18,19,20,21). The van der Waals surface area contributed by atoms with Crippen LogP contribution in [0.2, 0.25) is 0 Å². The molecular formula is C16H26N4O. The van der Waals surface area contributed by atoms with Crippen molar-refractivity contribution in [2.75, 3.05) is 18.4 Å². The molecule has 0 aliphatic heterocycles. The molecule has 0 aromatic heterocycles. The van der Waals surface area contributed by atoms with Gasteiger partial charge in [0.1, 0.15) is 0 Å². The number of hydrogen-bond acceptors (Lipinski definition) is 2. The molecule has 5 heteroatoms. The molecule has 0 radical (unpaired) electrons. The van der Waals surface area contributed by atoms with Crippen molar-refractivity contribution in [3.8, 4) is 0 Å². The Morgan fingerprint density at radius 3 is 2.19 bits per heavy atom. The third-order valence-electron chi connectivity index (χ3n) is 3.13. The van der Waals surface area contributed by atoms with Crippen molar-refractivity contribution in [1.29, 1.82) is 0 Å². The van der Waals surface area contributed by atoms with Gasteiger partial charge in [0.2, 0.25) is 0 Å². The highest BCUT2D eigenvalue weighted by atomic mass is 16.2. The zero-order valence-corrected chi connectivity index (χ0v) is 13.4. The molecule has 0 fully saturated rings. The van der Waals surface area contributed by atoms with Crippen molar-refractivity contribution in [2.45, 2.75) is 40.5 Å². The van der Waals surface area contributed by atoms with E-state index in [2.05, 4.69) is 34.8 Å². The fourth-order valence-electron chi connectivity index (χ4n) is 2.12. The van der Waals surface area contributed by atoms with Crippen LogP contribution in [0.25, 0.3) is 0 Å². The molecule has 0 saturated heterocycles. The van der Waals surface area contributed by atoms with Crippen LogP contribution in [0, 0.1) is 0 Å². The van der Waals surface area contributed by atoms with E-state index in [1.54, 1.807) is 0 Å². The molecule has 0 saturated carbocycles. The second-order valence-electron chi connectivity index (χ2n) is 4.59. The summed E-state index contributed by atoms with van der Waals surface area (Å²) in [6, 6.07) is 5.85. The van der Waals surface area contributed by atoms with Gasteiger partial charge in [-0.05, 0) is 37.8 Å². The number of nitrogens with zero attached hydrogens (tertiary/aromatic N) is 1. The summed E-state index contributed by atoms with van der Waals surface area (Å²) in [5.74, 6) is 0.504. The van der Waals surface area contributed by atoms with E-state index in [1.807, 2.05) is 32.0 Å². The Bertz CT molecular complexity index is 475. The van der Waals surface area contributed by atoms with E-state index >= 15 is 0 Å². The lowest BCUT2D eigenvalue weighted by Crippen LogP contribution is -2.43. The predicted molar refractivity (Wildman–Crippen MR) is 89.0 cm³/mol. The maximum Gasteiger partial charge on any atom is 0.326 e. The van der Waals surface area contributed by atoms with E-state index in [4.69, 9.17) is 0 Å². The molecule has 0 spiro atoms. The summed E-state index contributed by atoms with van der Waals surface area (Å²) >= 11 is 0. The Balaban J connectivity index is 2.85. The normalized spacial score (nSPS) is 11.1. The molecule has 0 aliphatic carbocycles. The van der Waals surface area contributed by atoms with E-state index in [0.717, 1.165) is 29.7 Å². The highest BCUT2D eigenvalue weighted by molar-refractivity contribution is 6.03. The van der Waals surface area contributed by atoms with Crippen LogP contribution >= 0.6 is 0 Å². The van der Waals surface area contributed by atoms with Crippen molar-refractivity contribution < 1.29 is 4.79 Å². The molecule has 0 atom stereocenters. The number of aliphatic imine (C=N–C) groups is 1. The summed E-state index contributed by atoms with van der Waals surface area (Å²) < 4.78 is 0. The van der Waals surface area contributed by atoms with Gasteiger partial charge in [-0.2, -0.15) is 0 Å². The number of benzene rings is 1. The van der Waals surface area contributed by atoms with Crippen molar-refractivity contribution in [1.82, 2.24) is 10.6 Å². The number of amides is 2. The summed E-state index contributed by atoms with van der Waals surface area (Å²) in [4.78, 5) is 16.4. The van der Waals surface area contributed by atoms with Crippen LogP contribution in [-0.2, 0) is 12.8 Å². The number of hydrogen-bond donors (Lipinski definition) is 3. The number of rotatable bonds is 5. The average Bonchev–Trinajstić information content (AvgIpc) is 2.47. The van der Waals surface area contributed by atoms with Gasteiger partial charge in [-0.1, -0.05) is 32.0 Å². The van der Waals surface area contributed by atoms with Gasteiger partial charge < -0.3 is 10.6 Å². The highest BCUT2D eigenvalue weighted by Gasteiger charge is 2.11.